The second kappa shape index (κ2) is 4.43. The van der Waals surface area contributed by atoms with Gasteiger partial charge in [-0.15, -0.1) is 0 Å². The molecule has 2 N–H and O–H groups in total. The molecule has 1 aliphatic heterocycles. The molecule has 13 heavy (non-hydrogen) atoms. The summed E-state index contributed by atoms with van der Waals surface area (Å²) in [5.74, 6) is 0.723. The summed E-state index contributed by atoms with van der Waals surface area (Å²) in [7, 11) is 0. The molecule has 2 nitrogen and oxygen atoms in total. The van der Waals surface area contributed by atoms with Crippen LogP contribution >= 0.6 is 0 Å². The predicted octanol–water partition coefficient (Wildman–Crippen LogP) is 1.85. The number of nitrogens with zero attached hydrogens (tertiary/aromatic N) is 1. The van der Waals surface area contributed by atoms with E-state index in [-0.39, 0.29) is 5.54 Å². The average Bonchev–Trinajstić information content (AvgIpc) is 2.04. The minimum atomic E-state index is 0.0261. The molecule has 0 aromatic rings. The van der Waals surface area contributed by atoms with Crippen molar-refractivity contribution in [3.05, 3.63) is 0 Å². The van der Waals surface area contributed by atoms with Gasteiger partial charge in [-0.3, -0.25) is 0 Å². The maximum Gasteiger partial charge on any atom is 0.0126 e. The van der Waals surface area contributed by atoms with E-state index in [1.165, 1.54) is 38.9 Å². The van der Waals surface area contributed by atoms with Crippen LogP contribution in [0.3, 0.4) is 0 Å². The Labute approximate surface area is 82.5 Å². The summed E-state index contributed by atoms with van der Waals surface area (Å²) in [6.07, 6.45) is 3.84. The third-order valence-corrected chi connectivity index (χ3v) is 3.18. The molecule has 0 bridgehead atoms. The zero-order chi connectivity index (χ0) is 9.90. The van der Waals surface area contributed by atoms with Gasteiger partial charge in [-0.2, -0.15) is 0 Å². The van der Waals surface area contributed by atoms with Gasteiger partial charge in [-0.25, -0.2) is 0 Å². The summed E-state index contributed by atoms with van der Waals surface area (Å²) in [5.41, 5.74) is 6.14. The van der Waals surface area contributed by atoms with Crippen LogP contribution in [-0.4, -0.2) is 30.1 Å². The monoisotopic (exact) mass is 184 g/mol. The molecule has 0 saturated carbocycles. The average molecular weight is 184 g/mol. The van der Waals surface area contributed by atoms with Crippen LogP contribution in [0.4, 0.5) is 0 Å². The zero-order valence-corrected chi connectivity index (χ0v) is 9.34. The Bertz CT molecular complexity index is 141. The molecule has 0 aromatic carbocycles. The maximum absolute atomic E-state index is 6.11. The minimum Gasteiger partial charge on any atom is -0.325 e. The molecular formula is C11H24N2. The maximum atomic E-state index is 6.11. The van der Waals surface area contributed by atoms with E-state index in [1.807, 2.05) is 0 Å². The standard InChI is InChI=1S/C11H24N2/c1-4-7-13-8-5-10(6-9-13)11(2,3)12/h10H,4-9,12H2,1-3H3. The van der Waals surface area contributed by atoms with Crippen LogP contribution in [-0.2, 0) is 0 Å². The fraction of sp³-hybridized carbons (Fsp3) is 1.00. The molecule has 1 saturated heterocycles. The van der Waals surface area contributed by atoms with E-state index >= 15 is 0 Å². The van der Waals surface area contributed by atoms with Crippen LogP contribution in [0, 0.1) is 5.92 Å². The first-order valence-corrected chi connectivity index (χ1v) is 5.55. The van der Waals surface area contributed by atoms with Crippen molar-refractivity contribution < 1.29 is 0 Å². The van der Waals surface area contributed by atoms with Crippen LogP contribution in [0.2, 0.25) is 0 Å². The van der Waals surface area contributed by atoms with Crippen LogP contribution < -0.4 is 5.73 Å². The number of hydrogen-bond donors (Lipinski definition) is 1. The molecule has 1 heterocycles. The van der Waals surface area contributed by atoms with E-state index in [1.54, 1.807) is 0 Å². The van der Waals surface area contributed by atoms with Gasteiger partial charge >= 0.3 is 0 Å². The Balaban J connectivity index is 2.30. The van der Waals surface area contributed by atoms with Crippen LogP contribution in [0.25, 0.3) is 0 Å². The second-order valence-corrected chi connectivity index (χ2v) is 4.94. The summed E-state index contributed by atoms with van der Waals surface area (Å²) >= 11 is 0. The summed E-state index contributed by atoms with van der Waals surface area (Å²) < 4.78 is 0. The topological polar surface area (TPSA) is 29.3 Å². The molecule has 0 amide bonds. The van der Waals surface area contributed by atoms with Gasteiger partial charge in [0.1, 0.15) is 0 Å². The third-order valence-electron chi connectivity index (χ3n) is 3.18. The fourth-order valence-electron chi connectivity index (χ4n) is 2.22. The summed E-state index contributed by atoms with van der Waals surface area (Å²) in [6, 6.07) is 0. The Morgan fingerprint density at radius 1 is 1.31 bits per heavy atom. The molecule has 0 radical (unpaired) electrons. The van der Waals surface area contributed by atoms with Crippen molar-refractivity contribution in [2.75, 3.05) is 19.6 Å². The normalized spacial score (nSPS) is 22.2. The highest BCUT2D eigenvalue weighted by Crippen LogP contribution is 2.25. The molecule has 78 valence electrons. The van der Waals surface area contributed by atoms with Gasteiger partial charge in [0.05, 0.1) is 0 Å². The molecular weight excluding hydrogens is 160 g/mol. The second-order valence-electron chi connectivity index (χ2n) is 4.94. The molecule has 1 fully saturated rings. The Kier molecular flexibility index (Phi) is 3.74. The number of piperidine rings is 1. The minimum absolute atomic E-state index is 0.0261. The first-order chi connectivity index (χ1) is 6.04. The van der Waals surface area contributed by atoms with E-state index in [0.29, 0.717) is 0 Å². The highest BCUT2D eigenvalue weighted by Gasteiger charge is 2.28. The van der Waals surface area contributed by atoms with Crippen molar-refractivity contribution in [3.8, 4) is 0 Å². The van der Waals surface area contributed by atoms with Gasteiger partial charge < -0.3 is 10.6 Å². The number of nitrogens with two attached hydrogens (primary N) is 1. The first-order valence-electron chi connectivity index (χ1n) is 5.55. The van der Waals surface area contributed by atoms with Crippen molar-refractivity contribution in [3.63, 3.8) is 0 Å². The summed E-state index contributed by atoms with van der Waals surface area (Å²) in [4.78, 5) is 2.56. The summed E-state index contributed by atoms with van der Waals surface area (Å²) in [6.45, 7) is 10.3. The van der Waals surface area contributed by atoms with Gasteiger partial charge in [-0.1, -0.05) is 6.92 Å². The summed E-state index contributed by atoms with van der Waals surface area (Å²) in [5, 5.41) is 0. The van der Waals surface area contributed by atoms with Crippen molar-refractivity contribution in [1.29, 1.82) is 0 Å². The van der Waals surface area contributed by atoms with E-state index in [9.17, 15) is 0 Å². The smallest absolute Gasteiger partial charge is 0.0126 e. The van der Waals surface area contributed by atoms with Gasteiger partial charge in [-0.05, 0) is 58.7 Å². The highest BCUT2D eigenvalue weighted by molar-refractivity contribution is 4.86. The number of hydrogen-bond acceptors (Lipinski definition) is 2. The van der Waals surface area contributed by atoms with Gasteiger partial charge in [0.15, 0.2) is 0 Å². The van der Waals surface area contributed by atoms with Crippen LogP contribution in [0.1, 0.15) is 40.0 Å². The lowest BCUT2D eigenvalue weighted by Crippen LogP contribution is -2.47. The van der Waals surface area contributed by atoms with Crippen molar-refractivity contribution >= 4 is 0 Å². The molecule has 1 rings (SSSR count). The lowest BCUT2D eigenvalue weighted by atomic mass is 9.81. The van der Waals surface area contributed by atoms with E-state index in [4.69, 9.17) is 5.73 Å². The lowest BCUT2D eigenvalue weighted by molar-refractivity contribution is 0.144. The fourth-order valence-corrected chi connectivity index (χ4v) is 2.22. The van der Waals surface area contributed by atoms with Gasteiger partial charge in [0.2, 0.25) is 0 Å². The van der Waals surface area contributed by atoms with Gasteiger partial charge in [0.25, 0.3) is 0 Å². The van der Waals surface area contributed by atoms with Crippen LogP contribution in [0.5, 0.6) is 0 Å². The van der Waals surface area contributed by atoms with Crippen molar-refractivity contribution in [1.82, 2.24) is 4.90 Å². The van der Waals surface area contributed by atoms with Crippen molar-refractivity contribution in [2.24, 2.45) is 11.7 Å². The Hall–Kier alpha value is -0.0800. The number of likely N-dealkylation sites (tertiary alicyclic amines) is 1. The van der Waals surface area contributed by atoms with Crippen molar-refractivity contribution in [2.45, 2.75) is 45.6 Å². The van der Waals surface area contributed by atoms with E-state index in [2.05, 4.69) is 25.7 Å². The SMILES string of the molecule is CCCN1CCC(C(C)(C)N)CC1. The molecule has 0 aromatic heterocycles. The highest BCUT2D eigenvalue weighted by atomic mass is 15.1. The van der Waals surface area contributed by atoms with E-state index in [0.717, 1.165) is 5.92 Å². The lowest BCUT2D eigenvalue weighted by Gasteiger charge is -2.38. The van der Waals surface area contributed by atoms with E-state index < -0.39 is 0 Å². The first kappa shape index (κ1) is 11.0. The quantitative estimate of drug-likeness (QED) is 0.725. The molecule has 2 heteroatoms. The van der Waals surface area contributed by atoms with Crippen LogP contribution in [0.15, 0.2) is 0 Å². The third kappa shape index (κ3) is 3.28. The molecule has 0 spiro atoms. The Morgan fingerprint density at radius 3 is 2.23 bits per heavy atom. The molecule has 0 atom stereocenters. The predicted molar refractivity (Wildman–Crippen MR) is 57.7 cm³/mol. The molecule has 0 unspecified atom stereocenters. The molecule has 0 aliphatic carbocycles. The number of rotatable bonds is 3. The largest absolute Gasteiger partial charge is 0.325 e. The zero-order valence-electron chi connectivity index (χ0n) is 9.34. The van der Waals surface area contributed by atoms with Gasteiger partial charge in [0, 0.05) is 5.54 Å². The Morgan fingerprint density at radius 2 is 1.85 bits per heavy atom. The molecule has 1 aliphatic rings.